The SMILES string of the molecule is O=C(COC(=O)c1cc(=O)c2ccccc2[nH]1)Nc1ccc(N2CCOCC2)cc1. The molecule has 1 fully saturated rings. The number of anilines is 2. The standard InChI is InChI=1S/C22H21N3O5/c26-20-13-19(24-18-4-2-1-3-17(18)20)22(28)30-14-21(27)23-15-5-7-16(8-6-15)25-9-11-29-12-10-25/h1-8,13H,9-12,14H2,(H,23,27)(H,24,26). The van der Waals surface area contributed by atoms with E-state index in [1.54, 1.807) is 36.4 Å². The number of carbonyl (C=O) groups is 2. The summed E-state index contributed by atoms with van der Waals surface area (Å²) < 4.78 is 10.4. The van der Waals surface area contributed by atoms with Crippen molar-refractivity contribution >= 4 is 34.2 Å². The Bertz CT molecular complexity index is 1120. The number of aromatic amines is 1. The molecule has 0 aliphatic carbocycles. The number of pyridine rings is 1. The van der Waals surface area contributed by atoms with E-state index >= 15 is 0 Å². The fourth-order valence-corrected chi connectivity index (χ4v) is 3.29. The summed E-state index contributed by atoms with van der Waals surface area (Å²) >= 11 is 0. The van der Waals surface area contributed by atoms with Crippen LogP contribution in [0.1, 0.15) is 10.5 Å². The third-order valence-electron chi connectivity index (χ3n) is 4.82. The number of H-pyrrole nitrogens is 1. The number of morpholine rings is 1. The predicted molar refractivity (Wildman–Crippen MR) is 113 cm³/mol. The Morgan fingerprint density at radius 1 is 1.07 bits per heavy atom. The average molecular weight is 407 g/mol. The van der Waals surface area contributed by atoms with E-state index in [1.165, 1.54) is 6.07 Å². The number of nitrogens with zero attached hydrogens (tertiary/aromatic N) is 1. The Morgan fingerprint density at radius 2 is 1.80 bits per heavy atom. The van der Waals surface area contributed by atoms with E-state index in [2.05, 4.69) is 15.2 Å². The molecule has 2 heterocycles. The molecule has 0 unspecified atom stereocenters. The first-order chi connectivity index (χ1) is 14.6. The van der Waals surface area contributed by atoms with E-state index in [0.717, 1.165) is 18.8 Å². The van der Waals surface area contributed by atoms with Crippen molar-refractivity contribution in [2.45, 2.75) is 0 Å². The zero-order valence-electron chi connectivity index (χ0n) is 16.2. The van der Waals surface area contributed by atoms with Crippen molar-refractivity contribution in [1.29, 1.82) is 0 Å². The minimum Gasteiger partial charge on any atom is -0.451 e. The lowest BCUT2D eigenvalue weighted by Crippen LogP contribution is -2.36. The summed E-state index contributed by atoms with van der Waals surface area (Å²) in [7, 11) is 0. The highest BCUT2D eigenvalue weighted by Crippen LogP contribution is 2.19. The number of carbonyl (C=O) groups excluding carboxylic acids is 2. The second kappa shape index (κ2) is 8.79. The van der Waals surface area contributed by atoms with Crippen LogP contribution in [0.25, 0.3) is 10.9 Å². The highest BCUT2D eigenvalue weighted by molar-refractivity contribution is 5.95. The molecular weight excluding hydrogens is 386 g/mol. The summed E-state index contributed by atoms with van der Waals surface area (Å²) in [4.78, 5) is 41.5. The molecule has 8 nitrogen and oxygen atoms in total. The maximum Gasteiger partial charge on any atom is 0.355 e. The van der Waals surface area contributed by atoms with E-state index in [4.69, 9.17) is 9.47 Å². The fourth-order valence-electron chi connectivity index (χ4n) is 3.29. The zero-order valence-corrected chi connectivity index (χ0v) is 16.2. The first-order valence-corrected chi connectivity index (χ1v) is 9.62. The third kappa shape index (κ3) is 4.49. The molecule has 1 amide bonds. The molecule has 0 radical (unpaired) electrons. The normalized spacial score (nSPS) is 13.8. The number of nitrogens with one attached hydrogen (secondary N) is 2. The molecule has 0 spiro atoms. The van der Waals surface area contributed by atoms with Gasteiger partial charge in [0.05, 0.1) is 13.2 Å². The number of ether oxygens (including phenoxy) is 2. The van der Waals surface area contributed by atoms with Gasteiger partial charge in [-0.25, -0.2) is 4.79 Å². The number of rotatable bonds is 5. The van der Waals surface area contributed by atoms with Gasteiger partial charge in [0.15, 0.2) is 12.0 Å². The van der Waals surface area contributed by atoms with Gasteiger partial charge < -0.3 is 24.7 Å². The summed E-state index contributed by atoms with van der Waals surface area (Å²) in [6.07, 6.45) is 0. The van der Waals surface area contributed by atoms with Crippen molar-refractivity contribution in [3.63, 3.8) is 0 Å². The van der Waals surface area contributed by atoms with Crippen molar-refractivity contribution < 1.29 is 19.1 Å². The van der Waals surface area contributed by atoms with Gasteiger partial charge >= 0.3 is 5.97 Å². The topological polar surface area (TPSA) is 101 Å². The van der Waals surface area contributed by atoms with Crippen LogP contribution in [0.5, 0.6) is 0 Å². The first kappa shape index (κ1) is 19.7. The van der Waals surface area contributed by atoms with Crippen LogP contribution in [-0.2, 0) is 14.3 Å². The van der Waals surface area contributed by atoms with Gasteiger partial charge in [-0.2, -0.15) is 0 Å². The summed E-state index contributed by atoms with van der Waals surface area (Å²) in [5.41, 5.74) is 1.90. The minimum absolute atomic E-state index is 0.00126. The van der Waals surface area contributed by atoms with Gasteiger partial charge in [0.25, 0.3) is 5.91 Å². The van der Waals surface area contributed by atoms with Crippen LogP contribution in [0, 0.1) is 0 Å². The molecule has 1 aliphatic rings. The maximum atomic E-state index is 12.2. The highest BCUT2D eigenvalue weighted by Gasteiger charge is 2.14. The fraction of sp³-hybridized carbons (Fsp3) is 0.227. The van der Waals surface area contributed by atoms with Crippen LogP contribution in [0.3, 0.4) is 0 Å². The lowest BCUT2D eigenvalue weighted by molar-refractivity contribution is -0.119. The number of fused-ring (bicyclic) bond motifs is 1. The average Bonchev–Trinajstić information content (AvgIpc) is 2.78. The predicted octanol–water partition coefficient (Wildman–Crippen LogP) is 2.16. The minimum atomic E-state index is -0.768. The van der Waals surface area contributed by atoms with Crippen LogP contribution in [0.2, 0.25) is 0 Å². The van der Waals surface area contributed by atoms with Crippen molar-refractivity contribution in [1.82, 2.24) is 4.98 Å². The van der Waals surface area contributed by atoms with Crippen molar-refractivity contribution in [2.24, 2.45) is 0 Å². The van der Waals surface area contributed by atoms with Gasteiger partial charge in [0.2, 0.25) is 0 Å². The first-order valence-electron chi connectivity index (χ1n) is 9.62. The number of para-hydroxylation sites is 1. The smallest absolute Gasteiger partial charge is 0.355 e. The van der Waals surface area contributed by atoms with E-state index in [0.29, 0.717) is 29.8 Å². The van der Waals surface area contributed by atoms with E-state index in [1.807, 2.05) is 12.1 Å². The van der Waals surface area contributed by atoms with E-state index in [9.17, 15) is 14.4 Å². The largest absolute Gasteiger partial charge is 0.451 e. The molecule has 0 atom stereocenters. The molecule has 4 rings (SSSR count). The monoisotopic (exact) mass is 407 g/mol. The molecule has 154 valence electrons. The van der Waals surface area contributed by atoms with Gasteiger partial charge in [-0.1, -0.05) is 12.1 Å². The Morgan fingerprint density at radius 3 is 2.57 bits per heavy atom. The maximum absolute atomic E-state index is 12.2. The van der Waals surface area contributed by atoms with Crippen molar-refractivity contribution in [3.8, 4) is 0 Å². The summed E-state index contributed by atoms with van der Waals surface area (Å²) in [6.45, 7) is 2.61. The summed E-state index contributed by atoms with van der Waals surface area (Å²) in [5, 5.41) is 3.17. The highest BCUT2D eigenvalue weighted by atomic mass is 16.5. The molecule has 0 saturated carbocycles. The number of aromatic nitrogens is 1. The van der Waals surface area contributed by atoms with Crippen LogP contribution < -0.4 is 15.6 Å². The molecular formula is C22H21N3O5. The number of esters is 1. The van der Waals surface area contributed by atoms with Crippen LogP contribution in [-0.4, -0.2) is 49.8 Å². The summed E-state index contributed by atoms with van der Waals surface area (Å²) in [5.74, 6) is -1.23. The summed E-state index contributed by atoms with van der Waals surface area (Å²) in [6, 6.07) is 15.5. The molecule has 2 aromatic carbocycles. The van der Waals surface area contributed by atoms with Gasteiger partial charge in [-0.15, -0.1) is 0 Å². The molecule has 30 heavy (non-hydrogen) atoms. The van der Waals surface area contributed by atoms with Gasteiger partial charge in [-0.05, 0) is 36.4 Å². The van der Waals surface area contributed by atoms with Crippen LogP contribution in [0.15, 0.2) is 59.4 Å². The van der Waals surface area contributed by atoms with Crippen molar-refractivity contribution in [2.75, 3.05) is 43.1 Å². The Labute approximate surface area is 172 Å². The molecule has 2 N–H and O–H groups in total. The number of amides is 1. The van der Waals surface area contributed by atoms with Crippen LogP contribution in [0.4, 0.5) is 11.4 Å². The number of benzene rings is 2. The number of hydrogen-bond donors (Lipinski definition) is 2. The molecule has 3 aromatic rings. The second-order valence-electron chi connectivity index (χ2n) is 6.86. The Hall–Kier alpha value is -3.65. The van der Waals surface area contributed by atoms with E-state index in [-0.39, 0.29) is 11.1 Å². The quantitative estimate of drug-likeness (QED) is 0.629. The van der Waals surface area contributed by atoms with Gasteiger partial charge in [0.1, 0.15) is 5.69 Å². The lowest BCUT2D eigenvalue weighted by atomic mass is 10.2. The lowest BCUT2D eigenvalue weighted by Gasteiger charge is -2.28. The Kier molecular flexibility index (Phi) is 5.76. The molecule has 1 saturated heterocycles. The zero-order chi connectivity index (χ0) is 20.9. The van der Waals surface area contributed by atoms with E-state index < -0.39 is 18.5 Å². The molecule has 0 bridgehead atoms. The molecule has 1 aromatic heterocycles. The van der Waals surface area contributed by atoms with Gasteiger partial charge in [-0.3, -0.25) is 9.59 Å². The molecule has 8 heteroatoms. The number of hydrogen-bond acceptors (Lipinski definition) is 6. The van der Waals surface area contributed by atoms with Crippen molar-refractivity contribution in [3.05, 3.63) is 70.5 Å². The van der Waals surface area contributed by atoms with Crippen LogP contribution >= 0.6 is 0 Å². The second-order valence-corrected chi connectivity index (χ2v) is 6.86. The third-order valence-corrected chi connectivity index (χ3v) is 4.82. The Balaban J connectivity index is 1.33. The van der Waals surface area contributed by atoms with Gasteiger partial charge in [0, 0.05) is 41.4 Å². The molecule has 1 aliphatic heterocycles.